The van der Waals surface area contributed by atoms with Gasteiger partial charge in [0.05, 0.1) is 29.1 Å². The number of hydrogen-bond donors (Lipinski definition) is 0. The summed E-state index contributed by atoms with van der Waals surface area (Å²) in [5.41, 5.74) is 1.05. The highest BCUT2D eigenvalue weighted by molar-refractivity contribution is 6.32. The molecular weight excluding hydrogens is 431 g/mol. The van der Waals surface area contributed by atoms with Crippen LogP contribution in [0.15, 0.2) is 45.7 Å². The quantitative estimate of drug-likeness (QED) is 0.472. The van der Waals surface area contributed by atoms with E-state index in [2.05, 4.69) is 15.1 Å². The Morgan fingerprint density at radius 2 is 2.07 bits per heavy atom. The predicted molar refractivity (Wildman–Crippen MR) is 111 cm³/mol. The Kier molecular flexibility index (Phi) is 4.69. The lowest BCUT2D eigenvalue weighted by molar-refractivity contribution is -0.0814. The first-order valence-corrected chi connectivity index (χ1v) is 9.82. The minimum atomic E-state index is -0.560. The van der Waals surface area contributed by atoms with Crippen molar-refractivity contribution in [1.82, 2.24) is 19.7 Å². The van der Waals surface area contributed by atoms with Gasteiger partial charge in [0.25, 0.3) is 0 Å². The van der Waals surface area contributed by atoms with Gasteiger partial charge in [-0.25, -0.2) is 19.4 Å². The summed E-state index contributed by atoms with van der Waals surface area (Å²) in [5, 5.41) is 5.56. The molecule has 5 rings (SSSR count). The van der Waals surface area contributed by atoms with Crippen LogP contribution in [0, 0.1) is 6.92 Å². The summed E-state index contributed by atoms with van der Waals surface area (Å²) in [6.07, 6.45) is 1.49. The second kappa shape index (κ2) is 7.39. The molecule has 152 valence electrons. The lowest BCUT2D eigenvalue weighted by Gasteiger charge is -2.25. The standard InChI is InChI=1S/C20H14Cl2N4O4/c1-10-5-11(21)6-13-17(10)24-19(30-20(13)27)15-7-16(29-12-8-28-9-12)25-26(15)18-14(22)3-2-4-23-18/h2-7,12H,8-9H2,1H3. The van der Waals surface area contributed by atoms with Crippen LogP contribution in [-0.4, -0.2) is 39.1 Å². The van der Waals surface area contributed by atoms with Crippen molar-refractivity contribution in [3.8, 4) is 23.3 Å². The van der Waals surface area contributed by atoms with Crippen molar-refractivity contribution in [3.63, 3.8) is 0 Å². The number of aromatic nitrogens is 4. The van der Waals surface area contributed by atoms with Gasteiger partial charge < -0.3 is 13.9 Å². The molecule has 0 atom stereocenters. The molecule has 0 aliphatic carbocycles. The van der Waals surface area contributed by atoms with E-state index < -0.39 is 5.63 Å². The lowest BCUT2D eigenvalue weighted by Crippen LogP contribution is -2.38. The van der Waals surface area contributed by atoms with Crippen LogP contribution in [0.4, 0.5) is 0 Å². The molecule has 1 aromatic carbocycles. The van der Waals surface area contributed by atoms with E-state index in [0.29, 0.717) is 51.6 Å². The molecule has 0 N–H and O–H groups in total. The third kappa shape index (κ3) is 3.32. The summed E-state index contributed by atoms with van der Waals surface area (Å²) >= 11 is 12.4. The summed E-state index contributed by atoms with van der Waals surface area (Å²) < 4.78 is 17.9. The molecule has 0 radical (unpaired) electrons. The Morgan fingerprint density at radius 3 is 2.80 bits per heavy atom. The molecule has 0 unspecified atom stereocenters. The Morgan fingerprint density at radius 1 is 1.23 bits per heavy atom. The molecule has 8 nitrogen and oxygen atoms in total. The third-order valence-corrected chi connectivity index (χ3v) is 5.14. The monoisotopic (exact) mass is 444 g/mol. The topological polar surface area (TPSA) is 92.3 Å². The summed E-state index contributed by atoms with van der Waals surface area (Å²) in [6.45, 7) is 2.79. The van der Waals surface area contributed by atoms with Gasteiger partial charge in [0, 0.05) is 17.3 Å². The van der Waals surface area contributed by atoms with E-state index in [1.54, 1.807) is 30.5 Å². The van der Waals surface area contributed by atoms with Crippen LogP contribution in [-0.2, 0) is 4.74 Å². The largest absolute Gasteiger partial charge is 0.468 e. The molecule has 30 heavy (non-hydrogen) atoms. The van der Waals surface area contributed by atoms with Gasteiger partial charge in [0.15, 0.2) is 5.82 Å². The second-order valence-electron chi connectivity index (χ2n) is 6.79. The number of pyridine rings is 1. The molecule has 1 aliphatic rings. The number of benzene rings is 1. The van der Waals surface area contributed by atoms with Gasteiger partial charge in [-0.3, -0.25) is 0 Å². The number of hydrogen-bond acceptors (Lipinski definition) is 7. The molecule has 0 amide bonds. The van der Waals surface area contributed by atoms with Crippen LogP contribution < -0.4 is 10.4 Å². The minimum absolute atomic E-state index is 0.0619. The smallest absolute Gasteiger partial charge is 0.347 e. The van der Waals surface area contributed by atoms with Crippen molar-refractivity contribution in [2.24, 2.45) is 0 Å². The molecule has 0 bridgehead atoms. The maximum Gasteiger partial charge on any atom is 0.347 e. The first kappa shape index (κ1) is 19.0. The van der Waals surface area contributed by atoms with Crippen LogP contribution >= 0.6 is 23.2 Å². The van der Waals surface area contributed by atoms with Crippen molar-refractivity contribution in [2.75, 3.05) is 13.2 Å². The van der Waals surface area contributed by atoms with Gasteiger partial charge >= 0.3 is 5.63 Å². The summed E-state index contributed by atoms with van der Waals surface area (Å²) in [7, 11) is 0. The van der Waals surface area contributed by atoms with Crippen molar-refractivity contribution < 1.29 is 13.9 Å². The van der Waals surface area contributed by atoms with Crippen LogP contribution in [0.1, 0.15) is 5.56 Å². The molecule has 1 aliphatic heterocycles. The van der Waals surface area contributed by atoms with E-state index in [1.807, 2.05) is 6.92 Å². The number of fused-ring (bicyclic) bond motifs is 1. The van der Waals surface area contributed by atoms with Gasteiger partial charge in [0.2, 0.25) is 11.8 Å². The molecule has 4 aromatic rings. The number of ether oxygens (including phenoxy) is 2. The summed E-state index contributed by atoms with van der Waals surface area (Å²) in [5.74, 6) is 0.732. The molecule has 4 heterocycles. The van der Waals surface area contributed by atoms with Crippen molar-refractivity contribution in [1.29, 1.82) is 0 Å². The maximum atomic E-state index is 12.6. The van der Waals surface area contributed by atoms with E-state index in [1.165, 1.54) is 10.7 Å². The van der Waals surface area contributed by atoms with E-state index in [-0.39, 0.29) is 12.0 Å². The summed E-state index contributed by atoms with van der Waals surface area (Å²) in [4.78, 5) is 21.5. The number of rotatable bonds is 4. The fourth-order valence-electron chi connectivity index (χ4n) is 3.13. The molecule has 0 spiro atoms. The molecule has 0 saturated carbocycles. The number of halogens is 2. The first-order valence-electron chi connectivity index (χ1n) is 9.06. The van der Waals surface area contributed by atoms with Crippen LogP contribution in [0.25, 0.3) is 28.3 Å². The van der Waals surface area contributed by atoms with E-state index in [4.69, 9.17) is 37.1 Å². The summed E-state index contributed by atoms with van der Waals surface area (Å²) in [6, 6.07) is 8.29. The average molecular weight is 445 g/mol. The zero-order valence-electron chi connectivity index (χ0n) is 15.6. The molecule has 10 heteroatoms. The fraction of sp³-hybridized carbons (Fsp3) is 0.200. The average Bonchev–Trinajstić information content (AvgIpc) is 3.09. The molecular formula is C20H14Cl2N4O4. The van der Waals surface area contributed by atoms with Gasteiger partial charge in [0.1, 0.15) is 11.8 Å². The van der Waals surface area contributed by atoms with E-state index in [0.717, 1.165) is 5.56 Å². The highest BCUT2D eigenvalue weighted by Crippen LogP contribution is 2.30. The minimum Gasteiger partial charge on any atom is -0.468 e. The SMILES string of the molecule is Cc1cc(Cl)cc2c(=O)oc(-c3cc(OC4COC4)nn3-c3ncccc3Cl)nc12. The zero-order chi connectivity index (χ0) is 20.8. The van der Waals surface area contributed by atoms with Gasteiger partial charge in [-0.05, 0) is 36.8 Å². The third-order valence-electron chi connectivity index (χ3n) is 4.63. The Balaban J connectivity index is 1.71. The first-order chi connectivity index (χ1) is 14.5. The van der Waals surface area contributed by atoms with Gasteiger partial charge in [-0.2, -0.15) is 0 Å². The molecule has 1 saturated heterocycles. The highest BCUT2D eigenvalue weighted by atomic mass is 35.5. The van der Waals surface area contributed by atoms with Crippen molar-refractivity contribution >= 4 is 34.1 Å². The maximum absolute atomic E-state index is 12.6. The van der Waals surface area contributed by atoms with Gasteiger partial charge in [-0.1, -0.05) is 23.2 Å². The van der Waals surface area contributed by atoms with Gasteiger partial charge in [-0.15, -0.1) is 5.10 Å². The van der Waals surface area contributed by atoms with Crippen LogP contribution in [0.5, 0.6) is 5.88 Å². The number of nitrogens with zero attached hydrogens (tertiary/aromatic N) is 4. The van der Waals surface area contributed by atoms with E-state index >= 15 is 0 Å². The molecule has 1 fully saturated rings. The number of aryl methyl sites for hydroxylation is 1. The van der Waals surface area contributed by atoms with Crippen molar-refractivity contribution in [2.45, 2.75) is 13.0 Å². The van der Waals surface area contributed by atoms with E-state index in [9.17, 15) is 4.79 Å². The normalized spacial score (nSPS) is 14.1. The van der Waals surface area contributed by atoms with Crippen molar-refractivity contribution in [3.05, 3.63) is 62.6 Å². The lowest BCUT2D eigenvalue weighted by atomic mass is 10.1. The van der Waals surface area contributed by atoms with Crippen LogP contribution in [0.2, 0.25) is 10.0 Å². The Hall–Kier alpha value is -2.94. The Labute approximate surface area is 180 Å². The predicted octanol–water partition coefficient (Wildman–Crippen LogP) is 3.83. The Bertz CT molecular complexity index is 1330. The highest BCUT2D eigenvalue weighted by Gasteiger charge is 2.25. The second-order valence-corrected chi connectivity index (χ2v) is 7.63. The zero-order valence-corrected chi connectivity index (χ0v) is 17.1. The van der Waals surface area contributed by atoms with Crippen LogP contribution in [0.3, 0.4) is 0 Å². The fourth-order valence-corrected chi connectivity index (χ4v) is 3.61. The molecule has 3 aromatic heterocycles.